The molecule has 0 atom stereocenters. The molecule has 0 fully saturated rings. The van der Waals surface area contributed by atoms with Crippen LogP contribution in [-0.2, 0) is 4.79 Å². The number of methoxy groups -OCH3 is 1. The highest BCUT2D eigenvalue weighted by atomic mass is 35.5. The Morgan fingerprint density at radius 1 is 0.956 bits per heavy atom. The molecule has 5 aromatic rings. The summed E-state index contributed by atoms with van der Waals surface area (Å²) in [4.78, 5) is 29.7. The Morgan fingerprint density at radius 3 is 2.38 bits per heavy atom. The van der Waals surface area contributed by atoms with Crippen molar-refractivity contribution < 1.29 is 19.1 Å². The number of hydrogen-bond donors (Lipinski definition) is 3. The normalized spacial score (nSPS) is 10.8. The Bertz CT molecular complexity index is 1830. The second-order valence-corrected chi connectivity index (χ2v) is 11.4. The lowest BCUT2D eigenvalue weighted by Gasteiger charge is -2.13. The molecule has 2 amide bonds. The van der Waals surface area contributed by atoms with Gasteiger partial charge in [-0.05, 0) is 73.2 Å². The number of hydrazone groups is 1. The minimum atomic E-state index is -0.390. The van der Waals surface area contributed by atoms with Crippen LogP contribution in [-0.4, -0.2) is 36.7 Å². The maximum atomic E-state index is 12.7. The summed E-state index contributed by atoms with van der Waals surface area (Å²) < 4.78 is 11.1. The monoisotopic (exact) mass is 659 g/mol. The van der Waals surface area contributed by atoms with Gasteiger partial charge in [-0.25, -0.2) is 10.4 Å². The number of nitrogens with one attached hydrogen (secondary N) is 3. The van der Waals surface area contributed by atoms with E-state index in [1.54, 1.807) is 24.3 Å². The number of benzene rings is 4. The van der Waals surface area contributed by atoms with Crippen molar-refractivity contribution in [3.8, 4) is 22.8 Å². The molecule has 1 aromatic heterocycles. The maximum Gasteiger partial charge on any atom is 0.271 e. The summed E-state index contributed by atoms with van der Waals surface area (Å²) >= 11 is 13.8. The molecule has 228 valence electrons. The molecule has 0 aliphatic rings. The molecule has 45 heavy (non-hydrogen) atoms. The number of amides is 2. The molecule has 0 spiro atoms. The fraction of sp³-hybridized carbons (Fsp3) is 0.0909. The van der Waals surface area contributed by atoms with E-state index in [9.17, 15) is 9.59 Å². The van der Waals surface area contributed by atoms with Gasteiger partial charge >= 0.3 is 0 Å². The summed E-state index contributed by atoms with van der Waals surface area (Å²) in [6, 6.07) is 25.1. The van der Waals surface area contributed by atoms with Crippen LogP contribution >= 0.6 is 34.5 Å². The first-order valence-corrected chi connectivity index (χ1v) is 15.2. The highest BCUT2D eigenvalue weighted by Gasteiger charge is 2.14. The topological polar surface area (TPSA) is 114 Å². The number of carbonyl (C=O) groups excluding carboxylic acids is 2. The number of rotatable bonds is 11. The van der Waals surface area contributed by atoms with Gasteiger partial charge in [-0.2, -0.15) is 5.10 Å². The number of halogens is 2. The quantitative estimate of drug-likeness (QED) is 0.0979. The van der Waals surface area contributed by atoms with Gasteiger partial charge in [0.25, 0.3) is 11.8 Å². The van der Waals surface area contributed by atoms with Gasteiger partial charge in [-0.1, -0.05) is 53.0 Å². The van der Waals surface area contributed by atoms with Crippen molar-refractivity contribution in [2.75, 3.05) is 24.4 Å². The van der Waals surface area contributed by atoms with Gasteiger partial charge in [0.15, 0.2) is 23.2 Å². The molecular formula is C33H27Cl2N5O4S. The predicted molar refractivity (Wildman–Crippen MR) is 181 cm³/mol. The molecule has 0 radical (unpaired) electrons. The van der Waals surface area contributed by atoms with Gasteiger partial charge in [-0.15, -0.1) is 11.3 Å². The molecule has 1 heterocycles. The largest absolute Gasteiger partial charge is 0.493 e. The van der Waals surface area contributed by atoms with E-state index in [4.69, 9.17) is 32.7 Å². The fourth-order valence-corrected chi connectivity index (χ4v) is 5.21. The van der Waals surface area contributed by atoms with E-state index in [2.05, 4.69) is 26.1 Å². The summed E-state index contributed by atoms with van der Waals surface area (Å²) in [5.41, 5.74) is 7.77. The van der Waals surface area contributed by atoms with Crippen molar-refractivity contribution in [3.63, 3.8) is 0 Å². The Balaban J connectivity index is 1.15. The average Bonchev–Trinajstić information content (AvgIpc) is 3.51. The lowest BCUT2D eigenvalue weighted by molar-refractivity contribution is -0.118. The van der Waals surface area contributed by atoms with Crippen LogP contribution in [0, 0.1) is 6.92 Å². The van der Waals surface area contributed by atoms with Crippen molar-refractivity contribution in [3.05, 3.63) is 117 Å². The Morgan fingerprint density at radius 2 is 1.67 bits per heavy atom. The van der Waals surface area contributed by atoms with Crippen LogP contribution in [0.1, 0.15) is 21.5 Å². The van der Waals surface area contributed by atoms with Crippen LogP contribution in [0.15, 0.2) is 95.4 Å². The standard InChI is InChI=1S/C33H27Cl2N5O4S/c1-20-3-11-25(12-4-20)37-30(41)18-44-31-27(35)15-21(16-29(31)43-2)17-36-40-32(42)23-7-5-22(6-8-23)28-19-45-33(39-28)38-26-13-9-24(34)10-14-26/h3-17,19H,18H2,1-2H3,(H,37,41)(H,38,39)(H,40,42)/b36-17-. The molecule has 12 heteroatoms. The molecule has 0 saturated carbocycles. The van der Waals surface area contributed by atoms with Crippen molar-refractivity contribution in [1.29, 1.82) is 0 Å². The van der Waals surface area contributed by atoms with Gasteiger partial charge in [0, 0.05) is 32.9 Å². The molecule has 3 N–H and O–H groups in total. The second kappa shape index (κ2) is 14.7. The number of aryl methyl sites for hydroxylation is 1. The lowest BCUT2D eigenvalue weighted by atomic mass is 10.1. The zero-order valence-corrected chi connectivity index (χ0v) is 26.5. The highest BCUT2D eigenvalue weighted by Crippen LogP contribution is 2.36. The number of carbonyl (C=O) groups is 2. The van der Waals surface area contributed by atoms with Crippen molar-refractivity contribution in [2.45, 2.75) is 6.92 Å². The number of thiazole rings is 1. The SMILES string of the molecule is COc1cc(/C=N\NC(=O)c2ccc(-c3csc(Nc4ccc(Cl)cc4)n3)cc2)cc(Cl)c1OCC(=O)Nc1ccc(C)cc1. The van der Waals surface area contributed by atoms with Crippen molar-refractivity contribution in [1.82, 2.24) is 10.4 Å². The van der Waals surface area contributed by atoms with E-state index in [1.165, 1.54) is 24.7 Å². The molecule has 0 saturated heterocycles. The van der Waals surface area contributed by atoms with Crippen LogP contribution in [0.2, 0.25) is 10.0 Å². The number of hydrogen-bond acceptors (Lipinski definition) is 8. The third-order valence-electron chi connectivity index (χ3n) is 6.36. The number of anilines is 3. The Labute approximate surface area is 273 Å². The van der Waals surface area contributed by atoms with Crippen LogP contribution in [0.25, 0.3) is 11.3 Å². The van der Waals surface area contributed by atoms with Crippen LogP contribution < -0.4 is 25.5 Å². The smallest absolute Gasteiger partial charge is 0.271 e. The summed E-state index contributed by atoms with van der Waals surface area (Å²) in [7, 11) is 1.46. The van der Waals surface area contributed by atoms with Gasteiger partial charge in [-0.3, -0.25) is 9.59 Å². The zero-order chi connectivity index (χ0) is 31.8. The Kier molecular flexibility index (Phi) is 10.3. The van der Waals surface area contributed by atoms with Crippen molar-refractivity contribution >= 4 is 69.1 Å². The van der Waals surface area contributed by atoms with Gasteiger partial charge in [0.05, 0.1) is 24.0 Å². The summed E-state index contributed by atoms with van der Waals surface area (Å²) in [5, 5.41) is 13.6. The first-order chi connectivity index (χ1) is 21.8. The molecular weight excluding hydrogens is 633 g/mol. The van der Waals surface area contributed by atoms with Crippen LogP contribution in [0.5, 0.6) is 11.5 Å². The fourth-order valence-electron chi connectivity index (χ4n) is 4.07. The molecule has 0 bridgehead atoms. The first-order valence-electron chi connectivity index (χ1n) is 13.6. The summed E-state index contributed by atoms with van der Waals surface area (Å²) in [6.45, 7) is 1.70. The summed E-state index contributed by atoms with van der Waals surface area (Å²) in [6.07, 6.45) is 1.43. The Hall–Kier alpha value is -4.90. The number of nitrogens with zero attached hydrogens (tertiary/aromatic N) is 2. The van der Waals surface area contributed by atoms with Gasteiger partial charge in [0.1, 0.15) is 0 Å². The average molecular weight is 661 g/mol. The van der Waals surface area contributed by atoms with E-state index in [0.29, 0.717) is 27.6 Å². The minimum Gasteiger partial charge on any atom is -0.493 e. The molecule has 0 aliphatic carbocycles. The maximum absolute atomic E-state index is 12.7. The highest BCUT2D eigenvalue weighted by molar-refractivity contribution is 7.14. The van der Waals surface area contributed by atoms with Gasteiger partial charge in [0.2, 0.25) is 0 Å². The first kappa shape index (κ1) is 31.5. The lowest BCUT2D eigenvalue weighted by Crippen LogP contribution is -2.20. The van der Waals surface area contributed by atoms with E-state index in [1.807, 2.05) is 73.0 Å². The van der Waals surface area contributed by atoms with E-state index >= 15 is 0 Å². The van der Waals surface area contributed by atoms with E-state index in [-0.39, 0.29) is 23.3 Å². The molecule has 0 aliphatic heterocycles. The third kappa shape index (κ3) is 8.60. The van der Waals surface area contributed by atoms with Crippen molar-refractivity contribution in [2.24, 2.45) is 5.10 Å². The molecule has 5 rings (SSSR count). The van der Waals surface area contributed by atoms with Gasteiger partial charge < -0.3 is 20.1 Å². The van der Waals surface area contributed by atoms with E-state index in [0.717, 1.165) is 27.6 Å². The third-order valence-corrected chi connectivity index (χ3v) is 7.65. The molecule has 4 aromatic carbocycles. The zero-order valence-electron chi connectivity index (χ0n) is 24.1. The molecule has 9 nitrogen and oxygen atoms in total. The van der Waals surface area contributed by atoms with Crippen LogP contribution in [0.3, 0.4) is 0 Å². The molecule has 0 unspecified atom stereocenters. The second-order valence-electron chi connectivity index (χ2n) is 9.68. The van der Waals surface area contributed by atoms with Crippen LogP contribution in [0.4, 0.5) is 16.5 Å². The number of aromatic nitrogens is 1. The number of ether oxygens (including phenoxy) is 2. The summed E-state index contributed by atoms with van der Waals surface area (Å²) in [5.74, 6) is -0.213. The van der Waals surface area contributed by atoms with E-state index < -0.39 is 5.91 Å². The minimum absolute atomic E-state index is 0.215. The predicted octanol–water partition coefficient (Wildman–Crippen LogP) is 7.96.